The Morgan fingerprint density at radius 2 is 1.90 bits per heavy atom. The van der Waals surface area contributed by atoms with E-state index in [2.05, 4.69) is 0 Å². The van der Waals surface area contributed by atoms with Crippen molar-refractivity contribution in [1.29, 1.82) is 0 Å². The first-order chi connectivity index (χ1) is 9.99. The summed E-state index contributed by atoms with van der Waals surface area (Å²) in [5.74, 6) is -0.890. The Balaban J connectivity index is 2.21. The van der Waals surface area contributed by atoms with Crippen LogP contribution < -0.4 is 0 Å². The number of benzene rings is 2. The van der Waals surface area contributed by atoms with Gasteiger partial charge < -0.3 is 0 Å². The molecule has 1 atom stereocenters. The van der Waals surface area contributed by atoms with Crippen LogP contribution in [0.2, 0.25) is 0 Å². The molecule has 1 unspecified atom stereocenters. The van der Waals surface area contributed by atoms with Gasteiger partial charge in [-0.05, 0) is 17.2 Å². The van der Waals surface area contributed by atoms with Gasteiger partial charge in [0.25, 0.3) is 0 Å². The van der Waals surface area contributed by atoms with E-state index in [1.807, 2.05) is 43.3 Å². The van der Waals surface area contributed by atoms with Crippen LogP contribution >= 0.6 is 0 Å². The molecule has 0 aliphatic heterocycles. The van der Waals surface area contributed by atoms with E-state index in [0.717, 1.165) is 11.1 Å². The van der Waals surface area contributed by atoms with E-state index in [1.54, 1.807) is 6.07 Å². The highest BCUT2D eigenvalue weighted by atomic mass is 19.1. The summed E-state index contributed by atoms with van der Waals surface area (Å²) >= 11 is 0. The lowest BCUT2D eigenvalue weighted by atomic mass is 9.97. The lowest BCUT2D eigenvalue weighted by molar-refractivity contribution is -0.163. The number of hydrogen-bond donors (Lipinski definition) is 1. The summed E-state index contributed by atoms with van der Waals surface area (Å²) in [4.78, 5) is 11.0. The van der Waals surface area contributed by atoms with E-state index < -0.39 is 5.91 Å². The Morgan fingerprint density at radius 1 is 1.24 bits per heavy atom. The van der Waals surface area contributed by atoms with Crippen molar-refractivity contribution in [3.63, 3.8) is 0 Å². The Labute approximate surface area is 123 Å². The lowest BCUT2D eigenvalue weighted by Gasteiger charge is -2.19. The molecule has 0 saturated heterocycles. The van der Waals surface area contributed by atoms with Crippen LogP contribution in [0.5, 0.6) is 0 Å². The number of halogens is 1. The molecule has 2 aromatic rings. The fourth-order valence-corrected chi connectivity index (χ4v) is 2.18. The van der Waals surface area contributed by atoms with Crippen molar-refractivity contribution < 1.29 is 14.4 Å². The van der Waals surface area contributed by atoms with Gasteiger partial charge in [-0.2, -0.15) is 0 Å². The first-order valence-corrected chi connectivity index (χ1v) is 6.81. The van der Waals surface area contributed by atoms with Crippen LogP contribution in [0.4, 0.5) is 4.39 Å². The monoisotopic (exact) mass is 287 g/mol. The Hall–Kier alpha value is -2.20. The largest absolute Gasteiger partial charge is 0.286 e. The minimum atomic E-state index is -0.428. The highest BCUT2D eigenvalue weighted by molar-refractivity contribution is 5.71. The van der Waals surface area contributed by atoms with Crippen LogP contribution in [0.1, 0.15) is 25.3 Å². The summed E-state index contributed by atoms with van der Waals surface area (Å²) in [5.41, 5.74) is 2.10. The second-order valence-electron chi connectivity index (χ2n) is 5.11. The van der Waals surface area contributed by atoms with E-state index >= 15 is 0 Å². The molecular weight excluding hydrogens is 269 g/mol. The Kier molecular flexibility index (Phi) is 4.70. The summed E-state index contributed by atoms with van der Waals surface area (Å²) in [6.07, 6.45) is 0. The van der Waals surface area contributed by atoms with E-state index in [4.69, 9.17) is 0 Å². The minimum absolute atomic E-state index is 0.138. The molecule has 0 spiro atoms. The van der Waals surface area contributed by atoms with Gasteiger partial charge in [-0.25, -0.2) is 9.45 Å². The van der Waals surface area contributed by atoms with Gasteiger partial charge in [0.15, 0.2) is 0 Å². The average Bonchev–Trinajstić information content (AvgIpc) is 2.47. The number of hydroxylamine groups is 2. The highest BCUT2D eigenvalue weighted by Crippen LogP contribution is 2.26. The maximum Gasteiger partial charge on any atom is 0.242 e. The molecule has 0 fully saturated rings. The molecule has 1 N–H and O–H groups in total. The minimum Gasteiger partial charge on any atom is -0.286 e. The van der Waals surface area contributed by atoms with Crippen molar-refractivity contribution in [2.24, 2.45) is 0 Å². The molecule has 0 radical (unpaired) electrons. The summed E-state index contributed by atoms with van der Waals surface area (Å²) < 4.78 is 14.2. The average molecular weight is 287 g/mol. The third kappa shape index (κ3) is 3.67. The summed E-state index contributed by atoms with van der Waals surface area (Å²) in [5, 5.41) is 10.1. The smallest absolute Gasteiger partial charge is 0.242 e. The van der Waals surface area contributed by atoms with Crippen molar-refractivity contribution in [3.05, 3.63) is 59.9 Å². The fraction of sp³-hybridized carbons (Fsp3) is 0.235. The van der Waals surface area contributed by atoms with Crippen LogP contribution in [0, 0.1) is 5.82 Å². The van der Waals surface area contributed by atoms with Gasteiger partial charge in [0, 0.05) is 18.4 Å². The molecular formula is C17H18FNO2. The molecule has 2 aromatic carbocycles. The zero-order chi connectivity index (χ0) is 15.4. The molecule has 2 rings (SSSR count). The molecule has 3 nitrogen and oxygen atoms in total. The van der Waals surface area contributed by atoms with Gasteiger partial charge >= 0.3 is 0 Å². The molecule has 0 aliphatic carbocycles. The Morgan fingerprint density at radius 3 is 2.48 bits per heavy atom. The van der Waals surface area contributed by atoms with Crippen LogP contribution in [0.15, 0.2) is 48.5 Å². The van der Waals surface area contributed by atoms with Crippen molar-refractivity contribution in [2.45, 2.75) is 19.8 Å². The van der Waals surface area contributed by atoms with Gasteiger partial charge in [-0.15, -0.1) is 0 Å². The van der Waals surface area contributed by atoms with Gasteiger partial charge in [0.05, 0.1) is 6.54 Å². The Bertz CT molecular complexity index is 628. The van der Waals surface area contributed by atoms with E-state index in [9.17, 15) is 14.4 Å². The summed E-state index contributed by atoms with van der Waals surface area (Å²) in [7, 11) is 0. The van der Waals surface area contributed by atoms with Crippen LogP contribution in [-0.2, 0) is 4.79 Å². The van der Waals surface area contributed by atoms with Crippen molar-refractivity contribution in [1.82, 2.24) is 5.06 Å². The summed E-state index contributed by atoms with van der Waals surface area (Å²) in [6.45, 7) is 3.26. The zero-order valence-corrected chi connectivity index (χ0v) is 12.1. The second-order valence-corrected chi connectivity index (χ2v) is 5.11. The number of carbonyl (C=O) groups excluding carboxylic acids is 1. The molecule has 0 saturated carbocycles. The predicted octanol–water partition coefficient (Wildman–Crippen LogP) is 3.83. The standard InChI is InChI=1S/C17H18FNO2/c1-12(11-19(21)13(2)20)15-8-9-16(17(18)10-15)14-6-4-3-5-7-14/h3-10,12,21H,11H2,1-2H3. The van der Waals surface area contributed by atoms with Crippen molar-refractivity contribution in [3.8, 4) is 11.1 Å². The number of rotatable bonds is 4. The third-order valence-electron chi connectivity index (χ3n) is 3.46. The van der Waals surface area contributed by atoms with Gasteiger partial charge in [-0.3, -0.25) is 10.0 Å². The molecule has 0 aromatic heterocycles. The highest BCUT2D eigenvalue weighted by Gasteiger charge is 2.14. The van der Waals surface area contributed by atoms with E-state index in [-0.39, 0.29) is 18.3 Å². The zero-order valence-electron chi connectivity index (χ0n) is 12.1. The lowest BCUT2D eigenvalue weighted by Crippen LogP contribution is -2.28. The molecule has 0 heterocycles. The van der Waals surface area contributed by atoms with Crippen molar-refractivity contribution in [2.75, 3.05) is 6.54 Å². The first-order valence-electron chi connectivity index (χ1n) is 6.81. The van der Waals surface area contributed by atoms with Gasteiger partial charge in [-0.1, -0.05) is 49.4 Å². The van der Waals surface area contributed by atoms with Crippen LogP contribution in [0.25, 0.3) is 11.1 Å². The fourth-order valence-electron chi connectivity index (χ4n) is 2.18. The van der Waals surface area contributed by atoms with Crippen LogP contribution in [-0.4, -0.2) is 22.7 Å². The van der Waals surface area contributed by atoms with Crippen molar-refractivity contribution >= 4 is 5.91 Å². The molecule has 4 heteroatoms. The maximum absolute atomic E-state index is 14.2. The molecule has 21 heavy (non-hydrogen) atoms. The molecule has 1 amide bonds. The summed E-state index contributed by atoms with van der Waals surface area (Å²) in [6, 6.07) is 14.3. The van der Waals surface area contributed by atoms with Gasteiger partial charge in [0.2, 0.25) is 5.91 Å². The number of nitrogens with zero attached hydrogens (tertiary/aromatic N) is 1. The number of hydrogen-bond acceptors (Lipinski definition) is 2. The SMILES string of the molecule is CC(=O)N(O)CC(C)c1ccc(-c2ccccc2)c(F)c1. The molecule has 0 aliphatic rings. The maximum atomic E-state index is 14.2. The number of amides is 1. The molecule has 110 valence electrons. The molecule has 0 bridgehead atoms. The first kappa shape index (κ1) is 15.2. The van der Waals surface area contributed by atoms with Gasteiger partial charge in [0.1, 0.15) is 5.82 Å². The van der Waals surface area contributed by atoms with Crippen LogP contribution in [0.3, 0.4) is 0 Å². The normalized spacial score (nSPS) is 12.0. The topological polar surface area (TPSA) is 40.5 Å². The van der Waals surface area contributed by atoms with E-state index in [1.165, 1.54) is 13.0 Å². The predicted molar refractivity (Wildman–Crippen MR) is 79.4 cm³/mol. The quantitative estimate of drug-likeness (QED) is 0.685. The second kappa shape index (κ2) is 6.50. The number of carbonyl (C=O) groups is 1. The van der Waals surface area contributed by atoms with E-state index in [0.29, 0.717) is 10.6 Å². The third-order valence-corrected chi connectivity index (χ3v) is 3.46.